The Labute approximate surface area is 108 Å². The van der Waals surface area contributed by atoms with E-state index in [0.29, 0.717) is 12.5 Å². The average Bonchev–Trinajstić information content (AvgIpc) is 2.15. The molecule has 0 aliphatic carbocycles. The maximum atomic E-state index is 11.2. The van der Waals surface area contributed by atoms with Crippen molar-refractivity contribution < 1.29 is 18.6 Å². The van der Waals surface area contributed by atoms with Gasteiger partial charge in [0.25, 0.3) is 0 Å². The lowest BCUT2D eigenvalue weighted by Crippen LogP contribution is -2.14. The molecular formula is C10H19NO4PS+. The first-order valence-corrected chi connectivity index (χ1v) is 7.52. The predicted molar refractivity (Wildman–Crippen MR) is 70.0 cm³/mol. The van der Waals surface area contributed by atoms with Crippen molar-refractivity contribution in [2.45, 2.75) is 33.8 Å². The van der Waals surface area contributed by atoms with Gasteiger partial charge in [-0.25, -0.2) is 4.79 Å². The van der Waals surface area contributed by atoms with Crippen LogP contribution < -0.4 is 5.32 Å². The molecule has 1 atom stereocenters. The topological polar surface area (TPSA) is 56.8 Å². The third-order valence-corrected chi connectivity index (χ3v) is 2.73. The molecule has 0 spiro atoms. The monoisotopic (exact) mass is 280 g/mol. The van der Waals surface area contributed by atoms with Crippen LogP contribution in [-0.4, -0.2) is 25.3 Å². The third kappa shape index (κ3) is 10.3. The molecule has 0 rings (SSSR count). The van der Waals surface area contributed by atoms with E-state index in [4.69, 9.17) is 25.6 Å². The SMILES string of the molecule is CCNCO[P+](=S)O/C(C)=C/C(=O)OC(C)C. The zero-order valence-electron chi connectivity index (χ0n) is 10.6. The number of rotatable bonds is 8. The molecule has 17 heavy (non-hydrogen) atoms. The molecule has 98 valence electrons. The second-order valence-corrected chi connectivity index (χ2v) is 5.21. The Morgan fingerprint density at radius 2 is 2.18 bits per heavy atom. The molecule has 0 bridgehead atoms. The van der Waals surface area contributed by atoms with E-state index >= 15 is 0 Å². The number of carbonyl (C=O) groups is 1. The fraction of sp³-hybridized carbons (Fsp3) is 0.700. The van der Waals surface area contributed by atoms with Crippen molar-refractivity contribution in [1.82, 2.24) is 5.32 Å². The van der Waals surface area contributed by atoms with Crippen molar-refractivity contribution in [2.75, 3.05) is 13.3 Å². The number of allylic oxidation sites excluding steroid dienone is 1. The molecule has 0 heterocycles. The van der Waals surface area contributed by atoms with Crippen molar-refractivity contribution in [1.29, 1.82) is 0 Å². The van der Waals surface area contributed by atoms with E-state index in [0.717, 1.165) is 6.54 Å². The minimum atomic E-state index is -1.44. The van der Waals surface area contributed by atoms with Crippen LogP contribution in [0, 0.1) is 0 Å². The van der Waals surface area contributed by atoms with Crippen LogP contribution in [0.2, 0.25) is 0 Å². The van der Waals surface area contributed by atoms with E-state index in [9.17, 15) is 4.79 Å². The molecule has 0 aliphatic rings. The molecule has 0 aromatic rings. The van der Waals surface area contributed by atoms with Crippen LogP contribution in [0.5, 0.6) is 0 Å². The number of hydrogen-bond acceptors (Lipinski definition) is 6. The van der Waals surface area contributed by atoms with Gasteiger partial charge >= 0.3 is 13.1 Å². The van der Waals surface area contributed by atoms with E-state index in [1.807, 2.05) is 6.92 Å². The summed E-state index contributed by atoms with van der Waals surface area (Å²) >= 11 is 4.96. The molecule has 0 amide bonds. The quantitative estimate of drug-likeness (QED) is 0.184. The Hall–Kier alpha value is -0.550. The van der Waals surface area contributed by atoms with Gasteiger partial charge in [0.2, 0.25) is 11.8 Å². The van der Waals surface area contributed by atoms with Gasteiger partial charge in [-0.15, -0.1) is 4.52 Å². The van der Waals surface area contributed by atoms with Crippen LogP contribution in [0.15, 0.2) is 11.8 Å². The van der Waals surface area contributed by atoms with Gasteiger partial charge in [-0.1, -0.05) is 6.92 Å². The predicted octanol–water partition coefficient (Wildman–Crippen LogP) is 2.22. The summed E-state index contributed by atoms with van der Waals surface area (Å²) in [6.07, 6.45) is 1.11. The average molecular weight is 280 g/mol. The smallest absolute Gasteiger partial charge is 0.460 e. The minimum absolute atomic E-state index is 0.151. The van der Waals surface area contributed by atoms with Crippen molar-refractivity contribution in [3.05, 3.63) is 11.8 Å². The highest BCUT2D eigenvalue weighted by atomic mass is 32.4. The molecule has 0 saturated heterocycles. The number of nitrogens with one attached hydrogen (secondary N) is 1. The van der Waals surface area contributed by atoms with Gasteiger partial charge in [-0.3, -0.25) is 9.84 Å². The fourth-order valence-corrected chi connectivity index (χ4v) is 1.85. The van der Waals surface area contributed by atoms with Crippen LogP contribution in [-0.2, 0) is 30.4 Å². The van der Waals surface area contributed by atoms with E-state index < -0.39 is 13.1 Å². The van der Waals surface area contributed by atoms with Gasteiger partial charge in [-0.2, -0.15) is 0 Å². The maximum absolute atomic E-state index is 11.2. The highest BCUT2D eigenvalue weighted by Gasteiger charge is 2.16. The van der Waals surface area contributed by atoms with Gasteiger partial charge in [0.05, 0.1) is 12.2 Å². The normalized spacial score (nSPS) is 12.5. The Balaban J connectivity index is 3.97. The van der Waals surface area contributed by atoms with Crippen molar-refractivity contribution in [3.63, 3.8) is 0 Å². The highest BCUT2D eigenvalue weighted by Crippen LogP contribution is 2.27. The zero-order valence-corrected chi connectivity index (χ0v) is 12.3. The summed E-state index contributed by atoms with van der Waals surface area (Å²) in [6.45, 7) is 8.30. The number of esters is 1. The van der Waals surface area contributed by atoms with Crippen molar-refractivity contribution >= 4 is 24.9 Å². The lowest BCUT2D eigenvalue weighted by molar-refractivity contribution is -0.141. The molecule has 0 saturated carbocycles. The van der Waals surface area contributed by atoms with E-state index in [1.165, 1.54) is 6.08 Å². The zero-order chi connectivity index (χ0) is 13.3. The lowest BCUT2D eigenvalue weighted by atomic mass is 10.4. The molecule has 0 aromatic heterocycles. The summed E-state index contributed by atoms with van der Waals surface area (Å²) in [5.74, 6) is -0.0455. The van der Waals surface area contributed by atoms with Crippen LogP contribution >= 0.6 is 7.15 Å². The molecule has 1 N–H and O–H groups in total. The van der Waals surface area contributed by atoms with Crippen LogP contribution in [0.4, 0.5) is 0 Å². The molecule has 5 nitrogen and oxygen atoms in total. The summed E-state index contributed by atoms with van der Waals surface area (Å²) in [5.41, 5.74) is 0. The first-order valence-electron chi connectivity index (χ1n) is 5.33. The minimum Gasteiger partial charge on any atom is -0.460 e. The summed E-state index contributed by atoms with van der Waals surface area (Å²) in [6, 6.07) is 0. The molecule has 7 heteroatoms. The fourth-order valence-electron chi connectivity index (χ4n) is 0.803. The Morgan fingerprint density at radius 1 is 1.53 bits per heavy atom. The van der Waals surface area contributed by atoms with Crippen LogP contribution in [0.3, 0.4) is 0 Å². The second-order valence-electron chi connectivity index (χ2n) is 3.43. The van der Waals surface area contributed by atoms with Crippen molar-refractivity contribution in [2.24, 2.45) is 0 Å². The van der Waals surface area contributed by atoms with Crippen LogP contribution in [0.25, 0.3) is 0 Å². The van der Waals surface area contributed by atoms with Gasteiger partial charge in [0.15, 0.2) is 12.5 Å². The molecule has 0 fully saturated rings. The Morgan fingerprint density at radius 3 is 2.71 bits per heavy atom. The van der Waals surface area contributed by atoms with Crippen LogP contribution in [0.1, 0.15) is 27.7 Å². The first-order chi connectivity index (χ1) is 7.95. The van der Waals surface area contributed by atoms with E-state index in [1.54, 1.807) is 20.8 Å². The molecule has 1 unspecified atom stereocenters. The maximum Gasteiger partial charge on any atom is 0.574 e. The lowest BCUT2D eigenvalue weighted by Gasteiger charge is -2.04. The largest absolute Gasteiger partial charge is 0.574 e. The number of ether oxygens (including phenoxy) is 1. The van der Waals surface area contributed by atoms with Gasteiger partial charge in [0, 0.05) is 0 Å². The molecular weight excluding hydrogens is 261 g/mol. The van der Waals surface area contributed by atoms with Gasteiger partial charge in [0.1, 0.15) is 0 Å². The molecule has 0 aliphatic heterocycles. The number of hydrogen-bond donors (Lipinski definition) is 1. The Kier molecular flexibility index (Phi) is 9.17. The second kappa shape index (κ2) is 9.48. The number of carbonyl (C=O) groups excluding carboxylic acids is 1. The van der Waals surface area contributed by atoms with Crippen molar-refractivity contribution in [3.8, 4) is 0 Å². The summed E-state index contributed by atoms with van der Waals surface area (Å²) in [7, 11) is -1.44. The van der Waals surface area contributed by atoms with E-state index in [2.05, 4.69) is 5.32 Å². The van der Waals surface area contributed by atoms with Gasteiger partial charge < -0.3 is 4.74 Å². The van der Waals surface area contributed by atoms with E-state index in [-0.39, 0.29) is 6.10 Å². The standard InChI is InChI=1S/C10H19NO4PS/c1-5-11-7-13-16(17)15-9(4)6-10(12)14-8(2)3/h6,8,11H,5,7H2,1-4H3/q+1/b9-6+. The third-order valence-electron chi connectivity index (χ3n) is 1.41. The van der Waals surface area contributed by atoms with Gasteiger partial charge in [-0.05, 0) is 27.3 Å². The Bertz CT molecular complexity index is 294. The summed E-state index contributed by atoms with van der Waals surface area (Å²) in [4.78, 5) is 11.2. The molecule has 0 radical (unpaired) electrons. The molecule has 0 aromatic carbocycles. The highest BCUT2D eigenvalue weighted by molar-refractivity contribution is 8.00. The first kappa shape index (κ1) is 16.4. The summed E-state index contributed by atoms with van der Waals surface area (Å²) in [5, 5.41) is 2.96. The summed E-state index contributed by atoms with van der Waals surface area (Å²) < 4.78 is 15.3.